The fraction of sp³-hybridized carbons (Fsp3) is 0.571. The van der Waals surface area contributed by atoms with Crippen molar-refractivity contribution in [1.82, 2.24) is 0 Å². The van der Waals surface area contributed by atoms with Gasteiger partial charge in [0.1, 0.15) is 5.75 Å². The molecule has 1 unspecified atom stereocenters. The number of nitrogens with two attached hydrogens (primary N) is 1. The minimum atomic E-state index is 0.223. The summed E-state index contributed by atoms with van der Waals surface area (Å²) >= 11 is 0. The molecule has 2 N–H and O–H groups in total. The minimum absolute atomic E-state index is 0.223. The Morgan fingerprint density at radius 3 is 2.56 bits per heavy atom. The van der Waals surface area contributed by atoms with Crippen LogP contribution < -0.4 is 10.5 Å². The fourth-order valence-corrected chi connectivity index (χ4v) is 1.62. The molecule has 0 aliphatic carbocycles. The van der Waals surface area contributed by atoms with E-state index in [9.17, 15) is 0 Å². The number of hydrogen-bond donors (Lipinski definition) is 1. The van der Waals surface area contributed by atoms with Gasteiger partial charge in [-0.05, 0) is 44.7 Å². The largest absolute Gasteiger partial charge is 0.491 e. The van der Waals surface area contributed by atoms with Crippen molar-refractivity contribution in [3.8, 4) is 5.75 Å². The van der Waals surface area contributed by atoms with Crippen molar-refractivity contribution in [2.75, 3.05) is 0 Å². The van der Waals surface area contributed by atoms with E-state index in [2.05, 4.69) is 32.9 Å². The lowest BCUT2D eigenvalue weighted by atomic mass is 10.0. The van der Waals surface area contributed by atoms with Crippen LogP contribution in [0.3, 0.4) is 0 Å². The molecule has 1 rings (SSSR count). The van der Waals surface area contributed by atoms with Gasteiger partial charge in [-0.2, -0.15) is 0 Å². The van der Waals surface area contributed by atoms with Crippen molar-refractivity contribution in [3.63, 3.8) is 0 Å². The maximum absolute atomic E-state index is 5.93. The molecule has 1 atom stereocenters. The van der Waals surface area contributed by atoms with Crippen LogP contribution in [-0.4, -0.2) is 12.1 Å². The molecular weight excluding hydrogens is 198 g/mol. The molecule has 0 heterocycles. The van der Waals surface area contributed by atoms with E-state index in [4.69, 9.17) is 10.5 Å². The topological polar surface area (TPSA) is 35.2 Å². The van der Waals surface area contributed by atoms with E-state index in [1.54, 1.807) is 0 Å². The van der Waals surface area contributed by atoms with E-state index in [-0.39, 0.29) is 6.10 Å². The summed E-state index contributed by atoms with van der Waals surface area (Å²) in [6, 6.07) is 8.53. The average Bonchev–Trinajstić information content (AvgIpc) is 2.26. The molecule has 0 amide bonds. The summed E-state index contributed by atoms with van der Waals surface area (Å²) < 4.78 is 5.77. The van der Waals surface area contributed by atoms with Crippen LogP contribution in [0, 0.1) is 0 Å². The van der Waals surface area contributed by atoms with E-state index < -0.39 is 0 Å². The maximum atomic E-state index is 5.93. The zero-order valence-electron chi connectivity index (χ0n) is 10.6. The van der Waals surface area contributed by atoms with Gasteiger partial charge in [0.15, 0.2) is 0 Å². The normalized spacial score (nSPS) is 12.8. The Hall–Kier alpha value is -1.02. The van der Waals surface area contributed by atoms with Crippen molar-refractivity contribution in [1.29, 1.82) is 0 Å². The smallest absolute Gasteiger partial charge is 0.122 e. The van der Waals surface area contributed by atoms with E-state index in [1.807, 2.05) is 12.1 Å². The van der Waals surface area contributed by atoms with Crippen LogP contribution in [-0.2, 0) is 6.42 Å². The van der Waals surface area contributed by atoms with Gasteiger partial charge in [0.2, 0.25) is 0 Å². The van der Waals surface area contributed by atoms with Crippen LogP contribution in [0.15, 0.2) is 24.3 Å². The van der Waals surface area contributed by atoms with Crippen LogP contribution in [0.5, 0.6) is 5.75 Å². The Balaban J connectivity index is 2.63. The molecule has 0 aromatic heterocycles. The second kappa shape index (κ2) is 6.54. The van der Waals surface area contributed by atoms with Crippen LogP contribution in [0.2, 0.25) is 0 Å². The monoisotopic (exact) mass is 221 g/mol. The molecule has 90 valence electrons. The highest BCUT2D eigenvalue weighted by molar-refractivity contribution is 5.33. The van der Waals surface area contributed by atoms with Crippen molar-refractivity contribution in [3.05, 3.63) is 29.8 Å². The lowest BCUT2D eigenvalue weighted by molar-refractivity contribution is 0.239. The summed E-state index contributed by atoms with van der Waals surface area (Å²) in [7, 11) is 0. The zero-order valence-corrected chi connectivity index (χ0v) is 10.6. The Bertz CT molecular complexity index is 309. The van der Waals surface area contributed by atoms with Gasteiger partial charge >= 0.3 is 0 Å². The Morgan fingerprint density at radius 1 is 1.25 bits per heavy atom. The van der Waals surface area contributed by atoms with Gasteiger partial charge in [0.25, 0.3) is 0 Å². The SMILES string of the molecule is CCC(N)CCc1ccccc1OC(C)C. The summed E-state index contributed by atoms with van der Waals surface area (Å²) in [6.45, 7) is 6.23. The summed E-state index contributed by atoms with van der Waals surface area (Å²) in [6.07, 6.45) is 3.28. The van der Waals surface area contributed by atoms with E-state index in [0.717, 1.165) is 25.0 Å². The molecule has 0 aliphatic rings. The highest BCUT2D eigenvalue weighted by Gasteiger charge is 2.06. The molecule has 0 radical (unpaired) electrons. The summed E-state index contributed by atoms with van der Waals surface area (Å²) in [5.74, 6) is 1.00. The minimum Gasteiger partial charge on any atom is -0.491 e. The summed E-state index contributed by atoms with van der Waals surface area (Å²) in [4.78, 5) is 0. The molecule has 0 saturated heterocycles. The lowest BCUT2D eigenvalue weighted by Gasteiger charge is -2.15. The quantitative estimate of drug-likeness (QED) is 0.801. The standard InChI is InChI=1S/C14H23NO/c1-4-13(15)10-9-12-7-5-6-8-14(12)16-11(2)3/h5-8,11,13H,4,9-10,15H2,1-3H3. The van der Waals surface area contributed by atoms with E-state index in [0.29, 0.717) is 6.04 Å². The van der Waals surface area contributed by atoms with E-state index >= 15 is 0 Å². The van der Waals surface area contributed by atoms with Crippen molar-refractivity contribution >= 4 is 0 Å². The number of benzene rings is 1. The third-order valence-electron chi connectivity index (χ3n) is 2.64. The summed E-state index contributed by atoms with van der Waals surface area (Å²) in [5.41, 5.74) is 7.20. The first-order chi connectivity index (χ1) is 7.63. The lowest BCUT2D eigenvalue weighted by Crippen LogP contribution is -2.19. The highest BCUT2D eigenvalue weighted by Crippen LogP contribution is 2.21. The van der Waals surface area contributed by atoms with Gasteiger partial charge < -0.3 is 10.5 Å². The van der Waals surface area contributed by atoms with Crippen LogP contribution in [0.4, 0.5) is 0 Å². The highest BCUT2D eigenvalue weighted by atomic mass is 16.5. The first-order valence-electron chi connectivity index (χ1n) is 6.13. The molecule has 1 aromatic rings. The number of aryl methyl sites for hydroxylation is 1. The van der Waals surface area contributed by atoms with Crippen LogP contribution >= 0.6 is 0 Å². The van der Waals surface area contributed by atoms with Gasteiger partial charge in [-0.1, -0.05) is 25.1 Å². The van der Waals surface area contributed by atoms with Gasteiger partial charge in [-0.25, -0.2) is 0 Å². The second-order valence-electron chi connectivity index (χ2n) is 4.48. The molecule has 0 fully saturated rings. The molecule has 16 heavy (non-hydrogen) atoms. The molecule has 1 aromatic carbocycles. The molecular formula is C14H23NO. The van der Waals surface area contributed by atoms with E-state index in [1.165, 1.54) is 5.56 Å². The maximum Gasteiger partial charge on any atom is 0.122 e. The predicted octanol–water partition coefficient (Wildman–Crippen LogP) is 3.14. The molecule has 2 nitrogen and oxygen atoms in total. The van der Waals surface area contributed by atoms with Crippen molar-refractivity contribution < 1.29 is 4.74 Å². The zero-order chi connectivity index (χ0) is 12.0. The summed E-state index contributed by atoms with van der Waals surface area (Å²) in [5, 5.41) is 0. The molecule has 0 spiro atoms. The Kier molecular flexibility index (Phi) is 5.33. The Morgan fingerprint density at radius 2 is 1.94 bits per heavy atom. The van der Waals surface area contributed by atoms with Crippen molar-refractivity contribution in [2.24, 2.45) is 5.73 Å². The fourth-order valence-electron chi connectivity index (χ4n) is 1.62. The predicted molar refractivity (Wildman–Crippen MR) is 68.8 cm³/mol. The second-order valence-corrected chi connectivity index (χ2v) is 4.48. The number of ether oxygens (including phenoxy) is 1. The third-order valence-corrected chi connectivity index (χ3v) is 2.64. The van der Waals surface area contributed by atoms with Gasteiger partial charge in [0.05, 0.1) is 6.10 Å². The van der Waals surface area contributed by atoms with Gasteiger partial charge in [-0.3, -0.25) is 0 Å². The number of hydrogen-bond acceptors (Lipinski definition) is 2. The number of para-hydroxylation sites is 1. The molecule has 0 saturated carbocycles. The van der Waals surface area contributed by atoms with Crippen LogP contribution in [0.25, 0.3) is 0 Å². The number of rotatable bonds is 6. The molecule has 0 bridgehead atoms. The third kappa shape index (κ3) is 4.23. The van der Waals surface area contributed by atoms with Gasteiger partial charge in [-0.15, -0.1) is 0 Å². The van der Waals surface area contributed by atoms with Crippen molar-refractivity contribution in [2.45, 2.75) is 52.2 Å². The first kappa shape index (κ1) is 13.0. The molecule has 0 aliphatic heterocycles. The van der Waals surface area contributed by atoms with Gasteiger partial charge in [0, 0.05) is 6.04 Å². The molecule has 2 heteroatoms. The average molecular weight is 221 g/mol. The van der Waals surface area contributed by atoms with Crippen LogP contribution in [0.1, 0.15) is 39.2 Å². The Labute approximate surface area is 98.8 Å². The first-order valence-corrected chi connectivity index (χ1v) is 6.13.